The van der Waals surface area contributed by atoms with Crippen molar-refractivity contribution in [3.63, 3.8) is 0 Å². The molecule has 2 aromatic rings. The van der Waals surface area contributed by atoms with E-state index in [0.29, 0.717) is 20.9 Å². The Morgan fingerprint density at radius 1 is 1.50 bits per heavy atom. The Hall–Kier alpha value is -1.89. The van der Waals surface area contributed by atoms with Gasteiger partial charge in [-0.2, -0.15) is 0 Å². The third kappa shape index (κ3) is 2.98. The number of halogens is 2. The number of benzene rings is 1. The summed E-state index contributed by atoms with van der Waals surface area (Å²) in [6.07, 6.45) is 1.63. The van der Waals surface area contributed by atoms with Gasteiger partial charge in [-0.1, -0.05) is 15.9 Å². The van der Waals surface area contributed by atoms with E-state index in [1.807, 2.05) is 0 Å². The molecule has 5 nitrogen and oxygen atoms in total. The number of hydrogen-bond donors (Lipinski definition) is 3. The number of carbonyl (C=O) groups excluding carboxylic acids is 1. The molecule has 7 heteroatoms. The van der Waals surface area contributed by atoms with Crippen LogP contribution in [0.1, 0.15) is 12.5 Å². The minimum atomic E-state index is -1.13. The smallest absolute Gasteiger partial charge is 0.326 e. The van der Waals surface area contributed by atoms with Crippen molar-refractivity contribution < 1.29 is 19.1 Å². The molecule has 20 heavy (non-hydrogen) atoms. The number of H-pyrrole nitrogens is 1. The molecular weight excluding hydrogens is 331 g/mol. The van der Waals surface area contributed by atoms with Crippen LogP contribution in [0.3, 0.4) is 0 Å². The molecule has 1 heterocycles. The molecule has 1 amide bonds. The molecule has 0 bridgehead atoms. The number of carboxylic acid groups (broad SMARTS) is 1. The van der Waals surface area contributed by atoms with Crippen LogP contribution in [-0.4, -0.2) is 28.0 Å². The van der Waals surface area contributed by atoms with E-state index in [4.69, 9.17) is 5.11 Å². The number of rotatable bonds is 4. The number of carboxylic acids is 1. The van der Waals surface area contributed by atoms with E-state index in [0.717, 1.165) is 0 Å². The van der Waals surface area contributed by atoms with Crippen molar-refractivity contribution in [1.82, 2.24) is 10.3 Å². The van der Waals surface area contributed by atoms with Crippen LogP contribution in [0.5, 0.6) is 0 Å². The summed E-state index contributed by atoms with van der Waals surface area (Å²) in [6, 6.07) is 1.98. The Bertz CT molecular complexity index is 684. The van der Waals surface area contributed by atoms with Crippen molar-refractivity contribution >= 4 is 38.7 Å². The lowest BCUT2D eigenvalue weighted by atomic mass is 10.0. The second-order valence-corrected chi connectivity index (χ2v) is 5.34. The number of aromatic amines is 1. The predicted octanol–water partition coefficient (Wildman–Crippen LogP) is 2.20. The average molecular weight is 343 g/mol. The van der Waals surface area contributed by atoms with Crippen LogP contribution in [-0.2, 0) is 16.0 Å². The van der Waals surface area contributed by atoms with E-state index in [1.165, 1.54) is 13.0 Å². The van der Waals surface area contributed by atoms with Gasteiger partial charge in [-0.15, -0.1) is 0 Å². The monoisotopic (exact) mass is 342 g/mol. The molecule has 0 aliphatic heterocycles. The molecule has 0 aliphatic rings. The van der Waals surface area contributed by atoms with Gasteiger partial charge in [0.25, 0.3) is 0 Å². The second kappa shape index (κ2) is 5.62. The number of nitrogens with one attached hydrogen (secondary N) is 2. The minimum Gasteiger partial charge on any atom is -0.480 e. The molecule has 0 saturated heterocycles. The van der Waals surface area contributed by atoms with Crippen LogP contribution in [0.25, 0.3) is 10.9 Å². The van der Waals surface area contributed by atoms with Crippen LogP contribution in [0.15, 0.2) is 22.8 Å². The molecule has 2 rings (SSSR count). The topological polar surface area (TPSA) is 82.2 Å². The fourth-order valence-electron chi connectivity index (χ4n) is 2.04. The number of hydrogen-bond acceptors (Lipinski definition) is 2. The molecule has 1 aromatic carbocycles. The number of amides is 1. The first kappa shape index (κ1) is 14.5. The maximum absolute atomic E-state index is 13.7. The SMILES string of the molecule is CC(=O)NC(Cc1c[nH]c2c(F)cc(Br)cc12)C(=O)O. The highest BCUT2D eigenvalue weighted by molar-refractivity contribution is 9.10. The van der Waals surface area contributed by atoms with Crippen molar-refractivity contribution in [2.45, 2.75) is 19.4 Å². The van der Waals surface area contributed by atoms with Gasteiger partial charge in [-0.25, -0.2) is 9.18 Å². The molecule has 0 saturated carbocycles. The molecule has 1 unspecified atom stereocenters. The van der Waals surface area contributed by atoms with Crippen LogP contribution >= 0.6 is 15.9 Å². The average Bonchev–Trinajstić information content (AvgIpc) is 2.71. The van der Waals surface area contributed by atoms with Crippen molar-refractivity contribution in [3.05, 3.63) is 34.2 Å². The molecule has 0 radical (unpaired) electrons. The van der Waals surface area contributed by atoms with Crippen molar-refractivity contribution in [2.75, 3.05) is 0 Å². The zero-order valence-corrected chi connectivity index (χ0v) is 12.1. The summed E-state index contributed by atoms with van der Waals surface area (Å²) in [4.78, 5) is 24.9. The fourth-order valence-corrected chi connectivity index (χ4v) is 2.47. The lowest BCUT2D eigenvalue weighted by Crippen LogP contribution is -2.41. The van der Waals surface area contributed by atoms with E-state index in [2.05, 4.69) is 26.2 Å². The highest BCUT2D eigenvalue weighted by atomic mass is 79.9. The van der Waals surface area contributed by atoms with Crippen molar-refractivity contribution in [1.29, 1.82) is 0 Å². The molecule has 106 valence electrons. The fraction of sp³-hybridized carbons (Fsp3) is 0.231. The Morgan fingerprint density at radius 3 is 2.80 bits per heavy atom. The summed E-state index contributed by atoms with van der Waals surface area (Å²) in [7, 11) is 0. The van der Waals surface area contributed by atoms with Crippen LogP contribution in [0.4, 0.5) is 4.39 Å². The van der Waals surface area contributed by atoms with E-state index in [-0.39, 0.29) is 6.42 Å². The van der Waals surface area contributed by atoms with E-state index in [9.17, 15) is 14.0 Å². The van der Waals surface area contributed by atoms with Crippen molar-refractivity contribution in [2.24, 2.45) is 0 Å². The van der Waals surface area contributed by atoms with Crippen LogP contribution in [0, 0.1) is 5.82 Å². The van der Waals surface area contributed by atoms with Gasteiger partial charge < -0.3 is 15.4 Å². The van der Waals surface area contributed by atoms with E-state index >= 15 is 0 Å². The van der Waals surface area contributed by atoms with Crippen LogP contribution in [0.2, 0.25) is 0 Å². The molecule has 0 aliphatic carbocycles. The Kier molecular flexibility index (Phi) is 4.08. The number of aliphatic carboxylic acids is 1. The lowest BCUT2D eigenvalue weighted by molar-refractivity contribution is -0.141. The summed E-state index contributed by atoms with van der Waals surface area (Å²) >= 11 is 3.20. The molecule has 1 atom stereocenters. The van der Waals surface area contributed by atoms with Gasteiger partial charge >= 0.3 is 5.97 Å². The molecular formula is C13H12BrFN2O3. The zero-order chi connectivity index (χ0) is 14.9. The largest absolute Gasteiger partial charge is 0.480 e. The summed E-state index contributed by atoms with van der Waals surface area (Å²) in [5, 5.41) is 12.0. The number of aromatic nitrogens is 1. The standard InChI is InChI=1S/C13H12BrFN2O3/c1-6(18)17-11(13(19)20)2-7-5-16-12-9(7)3-8(14)4-10(12)15/h3-5,11,16H,2H2,1H3,(H,17,18)(H,19,20). The maximum Gasteiger partial charge on any atom is 0.326 e. The van der Waals surface area contributed by atoms with Gasteiger partial charge in [0, 0.05) is 29.4 Å². The van der Waals surface area contributed by atoms with Gasteiger partial charge in [-0.05, 0) is 17.7 Å². The molecule has 0 fully saturated rings. The Morgan fingerprint density at radius 2 is 2.20 bits per heavy atom. The quantitative estimate of drug-likeness (QED) is 0.796. The lowest BCUT2D eigenvalue weighted by Gasteiger charge is -2.12. The summed E-state index contributed by atoms with van der Waals surface area (Å²) in [6.45, 7) is 1.25. The first-order valence-electron chi connectivity index (χ1n) is 5.83. The van der Waals surface area contributed by atoms with E-state index in [1.54, 1.807) is 12.3 Å². The van der Waals surface area contributed by atoms with Gasteiger partial charge in [0.1, 0.15) is 11.9 Å². The highest BCUT2D eigenvalue weighted by Crippen LogP contribution is 2.26. The molecule has 3 N–H and O–H groups in total. The summed E-state index contributed by atoms with van der Waals surface area (Å²) in [5.41, 5.74) is 0.941. The minimum absolute atomic E-state index is 0.0742. The third-order valence-electron chi connectivity index (χ3n) is 2.89. The van der Waals surface area contributed by atoms with Gasteiger partial charge in [-0.3, -0.25) is 4.79 Å². The second-order valence-electron chi connectivity index (χ2n) is 4.42. The predicted molar refractivity (Wildman–Crippen MR) is 74.9 cm³/mol. The van der Waals surface area contributed by atoms with Crippen molar-refractivity contribution in [3.8, 4) is 0 Å². The number of fused-ring (bicyclic) bond motifs is 1. The first-order chi connectivity index (χ1) is 9.38. The van der Waals surface area contributed by atoms with Gasteiger partial charge in [0.2, 0.25) is 5.91 Å². The van der Waals surface area contributed by atoms with E-state index < -0.39 is 23.7 Å². The molecule has 1 aromatic heterocycles. The van der Waals surface area contributed by atoms with Gasteiger partial charge in [0.05, 0.1) is 5.52 Å². The summed E-state index contributed by atoms with van der Waals surface area (Å²) < 4.78 is 14.3. The first-order valence-corrected chi connectivity index (χ1v) is 6.62. The number of carbonyl (C=O) groups is 2. The Balaban J connectivity index is 2.37. The third-order valence-corrected chi connectivity index (χ3v) is 3.35. The summed E-state index contributed by atoms with van der Waals surface area (Å²) in [5.74, 6) is -1.98. The Labute approximate surface area is 122 Å². The normalized spacial score (nSPS) is 12.3. The van der Waals surface area contributed by atoms with Gasteiger partial charge in [0.15, 0.2) is 0 Å². The maximum atomic E-state index is 13.7. The zero-order valence-electron chi connectivity index (χ0n) is 10.5. The van der Waals surface area contributed by atoms with Crippen LogP contribution < -0.4 is 5.32 Å². The highest BCUT2D eigenvalue weighted by Gasteiger charge is 2.21. The molecule has 0 spiro atoms.